The molecule has 0 radical (unpaired) electrons. The largest absolute Gasteiger partial charge is 0.259 e. The summed E-state index contributed by atoms with van der Waals surface area (Å²) in [5, 5.41) is 0. The van der Waals surface area contributed by atoms with Crippen LogP contribution in [-0.2, 0) is 22.9 Å². The van der Waals surface area contributed by atoms with Crippen molar-refractivity contribution in [1.29, 1.82) is 0 Å². The van der Waals surface area contributed by atoms with E-state index >= 15 is 0 Å². The van der Waals surface area contributed by atoms with E-state index in [1.807, 2.05) is 60.7 Å². The maximum atomic E-state index is 13.5. The molecule has 0 amide bonds. The molecule has 0 N–H and O–H groups in total. The standard InChI is InChI=1S/C23H24N2O2S/c1-25(23(19-10-3-2-4-11-19)22-13-7-8-16-24-22)28(26,27)21-15-14-18-9-5-6-12-20(18)17-21/h2-4,7-8,10-11,13-17,23H,5-6,9,12H2,1H3/t23-/m0/s1. The fourth-order valence-corrected chi connectivity index (χ4v) is 5.29. The van der Waals surface area contributed by atoms with Gasteiger partial charge < -0.3 is 0 Å². The molecule has 0 aliphatic heterocycles. The van der Waals surface area contributed by atoms with Gasteiger partial charge in [0.05, 0.1) is 16.6 Å². The molecule has 1 aliphatic rings. The number of pyridine rings is 1. The van der Waals surface area contributed by atoms with Gasteiger partial charge in [-0.2, -0.15) is 4.31 Å². The summed E-state index contributed by atoms with van der Waals surface area (Å²) in [4.78, 5) is 4.80. The molecule has 144 valence electrons. The lowest BCUT2D eigenvalue weighted by Gasteiger charge is -2.28. The highest BCUT2D eigenvalue weighted by Crippen LogP contribution is 2.32. The van der Waals surface area contributed by atoms with E-state index in [9.17, 15) is 8.42 Å². The Morgan fingerprint density at radius 2 is 1.61 bits per heavy atom. The predicted octanol–water partition coefficient (Wildman–Crippen LogP) is 4.37. The molecule has 0 fully saturated rings. The number of rotatable bonds is 5. The van der Waals surface area contributed by atoms with Crippen LogP contribution >= 0.6 is 0 Å². The molecular weight excluding hydrogens is 368 g/mol. The van der Waals surface area contributed by atoms with Gasteiger partial charge >= 0.3 is 0 Å². The summed E-state index contributed by atoms with van der Waals surface area (Å²) < 4.78 is 28.4. The van der Waals surface area contributed by atoms with Gasteiger partial charge in [0, 0.05) is 13.2 Å². The third-order valence-electron chi connectivity index (χ3n) is 5.44. The van der Waals surface area contributed by atoms with Crippen molar-refractivity contribution in [1.82, 2.24) is 9.29 Å². The molecule has 1 atom stereocenters. The zero-order valence-corrected chi connectivity index (χ0v) is 16.8. The molecule has 0 unspecified atom stereocenters. The lowest BCUT2D eigenvalue weighted by molar-refractivity contribution is 0.411. The third-order valence-corrected chi connectivity index (χ3v) is 7.26. The number of aromatic nitrogens is 1. The lowest BCUT2D eigenvalue weighted by Crippen LogP contribution is -2.32. The molecule has 3 aromatic rings. The first-order valence-corrected chi connectivity index (χ1v) is 11.1. The average Bonchev–Trinajstić information content (AvgIpc) is 2.75. The van der Waals surface area contributed by atoms with Gasteiger partial charge in [-0.05, 0) is 66.6 Å². The van der Waals surface area contributed by atoms with Crippen molar-refractivity contribution in [3.8, 4) is 0 Å². The van der Waals surface area contributed by atoms with Crippen molar-refractivity contribution < 1.29 is 8.42 Å². The van der Waals surface area contributed by atoms with Crippen LogP contribution in [0.3, 0.4) is 0 Å². The molecule has 0 saturated carbocycles. The van der Waals surface area contributed by atoms with E-state index < -0.39 is 16.1 Å². The molecule has 5 heteroatoms. The molecule has 0 spiro atoms. The molecule has 4 rings (SSSR count). The molecule has 28 heavy (non-hydrogen) atoms. The molecule has 2 aromatic carbocycles. The Kier molecular flexibility index (Phi) is 5.29. The highest BCUT2D eigenvalue weighted by Gasteiger charge is 2.31. The van der Waals surface area contributed by atoms with Crippen LogP contribution in [0.4, 0.5) is 0 Å². The van der Waals surface area contributed by atoms with Crippen molar-refractivity contribution in [2.75, 3.05) is 7.05 Å². The lowest BCUT2D eigenvalue weighted by atomic mass is 9.92. The number of fused-ring (bicyclic) bond motifs is 1. The van der Waals surface area contributed by atoms with Crippen LogP contribution in [0.15, 0.2) is 77.8 Å². The summed E-state index contributed by atoms with van der Waals surface area (Å²) in [6.07, 6.45) is 5.98. The number of hydrogen-bond donors (Lipinski definition) is 0. The second kappa shape index (κ2) is 7.86. The molecule has 1 aromatic heterocycles. The third kappa shape index (κ3) is 3.60. The van der Waals surface area contributed by atoms with E-state index in [1.165, 1.54) is 16.3 Å². The van der Waals surface area contributed by atoms with Crippen LogP contribution in [0.2, 0.25) is 0 Å². The summed E-state index contributed by atoms with van der Waals surface area (Å²) in [5.74, 6) is 0. The van der Waals surface area contributed by atoms with Gasteiger partial charge in [0.15, 0.2) is 0 Å². The molecule has 1 aliphatic carbocycles. The van der Waals surface area contributed by atoms with Crippen LogP contribution in [0.25, 0.3) is 0 Å². The first-order valence-electron chi connectivity index (χ1n) is 9.63. The van der Waals surface area contributed by atoms with Gasteiger partial charge in [-0.15, -0.1) is 0 Å². The minimum atomic E-state index is -3.67. The van der Waals surface area contributed by atoms with Gasteiger partial charge in [-0.1, -0.05) is 42.5 Å². The summed E-state index contributed by atoms with van der Waals surface area (Å²) in [7, 11) is -2.03. The van der Waals surface area contributed by atoms with Gasteiger partial charge in [0.25, 0.3) is 0 Å². The minimum Gasteiger partial charge on any atom is -0.259 e. The van der Waals surface area contributed by atoms with E-state index in [1.54, 1.807) is 19.3 Å². The molecule has 4 nitrogen and oxygen atoms in total. The zero-order chi connectivity index (χ0) is 19.6. The summed E-state index contributed by atoms with van der Waals surface area (Å²) in [5.41, 5.74) is 4.04. The van der Waals surface area contributed by atoms with Crippen molar-refractivity contribution in [2.45, 2.75) is 36.6 Å². The normalized spacial score (nSPS) is 15.2. The topological polar surface area (TPSA) is 50.3 Å². The van der Waals surface area contributed by atoms with E-state index in [0.29, 0.717) is 10.6 Å². The number of aryl methyl sites for hydroxylation is 2. The van der Waals surface area contributed by atoms with Crippen molar-refractivity contribution in [3.63, 3.8) is 0 Å². The zero-order valence-electron chi connectivity index (χ0n) is 16.0. The van der Waals surface area contributed by atoms with Crippen LogP contribution in [-0.4, -0.2) is 24.8 Å². The number of sulfonamides is 1. The SMILES string of the molecule is CN([C@@H](c1ccccc1)c1ccccn1)S(=O)(=O)c1ccc2c(c1)CCCC2. The second-order valence-corrected chi connectivity index (χ2v) is 9.22. The van der Waals surface area contributed by atoms with E-state index in [2.05, 4.69) is 4.98 Å². The summed E-state index contributed by atoms with van der Waals surface area (Å²) in [6.45, 7) is 0. The monoisotopic (exact) mass is 392 g/mol. The van der Waals surface area contributed by atoms with Gasteiger partial charge in [0.1, 0.15) is 0 Å². The van der Waals surface area contributed by atoms with E-state index in [0.717, 1.165) is 30.4 Å². The minimum absolute atomic E-state index is 0.354. The number of benzene rings is 2. The highest BCUT2D eigenvalue weighted by atomic mass is 32.2. The van der Waals surface area contributed by atoms with Crippen LogP contribution in [0.5, 0.6) is 0 Å². The van der Waals surface area contributed by atoms with Crippen molar-refractivity contribution >= 4 is 10.0 Å². The summed E-state index contributed by atoms with van der Waals surface area (Å²) >= 11 is 0. The Bertz CT molecular complexity index is 1010. The second-order valence-electron chi connectivity index (χ2n) is 7.23. The van der Waals surface area contributed by atoms with Gasteiger partial charge in [-0.25, -0.2) is 8.42 Å². The fourth-order valence-electron chi connectivity index (χ4n) is 3.92. The van der Waals surface area contributed by atoms with Crippen LogP contribution < -0.4 is 0 Å². The molecular formula is C23H24N2O2S. The Labute approximate surface area is 166 Å². The smallest absolute Gasteiger partial charge is 0.243 e. The Morgan fingerprint density at radius 3 is 2.32 bits per heavy atom. The first-order chi connectivity index (χ1) is 13.6. The molecule has 1 heterocycles. The molecule has 0 saturated heterocycles. The van der Waals surface area contributed by atoms with Crippen LogP contribution in [0, 0.1) is 0 Å². The fraction of sp³-hybridized carbons (Fsp3) is 0.261. The maximum Gasteiger partial charge on any atom is 0.243 e. The number of hydrogen-bond acceptors (Lipinski definition) is 3. The summed E-state index contributed by atoms with van der Waals surface area (Å²) in [6, 6.07) is 20.4. The number of nitrogens with zero attached hydrogens (tertiary/aromatic N) is 2. The predicted molar refractivity (Wildman–Crippen MR) is 111 cm³/mol. The van der Waals surface area contributed by atoms with Crippen molar-refractivity contribution in [2.24, 2.45) is 0 Å². The van der Waals surface area contributed by atoms with E-state index in [-0.39, 0.29) is 0 Å². The Morgan fingerprint density at radius 1 is 0.893 bits per heavy atom. The van der Waals surface area contributed by atoms with Crippen LogP contribution in [0.1, 0.15) is 41.3 Å². The van der Waals surface area contributed by atoms with Gasteiger partial charge in [0.2, 0.25) is 10.0 Å². The Hall–Kier alpha value is -2.50. The highest BCUT2D eigenvalue weighted by molar-refractivity contribution is 7.89. The van der Waals surface area contributed by atoms with Gasteiger partial charge in [-0.3, -0.25) is 4.98 Å². The van der Waals surface area contributed by atoms with E-state index in [4.69, 9.17) is 0 Å². The average molecular weight is 393 g/mol. The Balaban J connectivity index is 1.77. The van der Waals surface area contributed by atoms with Crippen molar-refractivity contribution in [3.05, 3.63) is 95.3 Å². The maximum absolute atomic E-state index is 13.5. The quantitative estimate of drug-likeness (QED) is 0.648. The molecule has 0 bridgehead atoms. The first kappa shape index (κ1) is 18.8.